The van der Waals surface area contributed by atoms with Crippen LogP contribution in [0, 0.1) is 0 Å². The molecule has 1 aromatic rings. The molecular weight excluding hydrogens is 198 g/mol. The van der Waals surface area contributed by atoms with Crippen molar-refractivity contribution in [2.45, 2.75) is 6.54 Å². The number of likely N-dealkylation sites (N-methyl/N-ethyl adjacent to an activating group) is 1. The van der Waals surface area contributed by atoms with Crippen molar-refractivity contribution in [1.29, 1.82) is 0 Å². The van der Waals surface area contributed by atoms with E-state index in [4.69, 9.17) is 17.3 Å². The van der Waals surface area contributed by atoms with Crippen molar-refractivity contribution in [1.82, 2.24) is 4.98 Å². The molecule has 3 nitrogen and oxygen atoms in total. The molecule has 2 N–H and O–H groups in total. The van der Waals surface area contributed by atoms with Crippen molar-refractivity contribution < 1.29 is 0 Å². The average Bonchev–Trinajstić information content (AvgIpc) is 2.19. The second-order valence-electron chi connectivity index (χ2n) is 3.01. The van der Waals surface area contributed by atoms with Crippen molar-refractivity contribution in [2.75, 3.05) is 18.5 Å². The highest BCUT2D eigenvalue weighted by Gasteiger charge is 2.04. The van der Waals surface area contributed by atoms with E-state index in [9.17, 15) is 0 Å². The van der Waals surface area contributed by atoms with E-state index >= 15 is 0 Å². The quantitative estimate of drug-likeness (QED) is 0.773. The van der Waals surface area contributed by atoms with Crippen molar-refractivity contribution in [3.8, 4) is 0 Å². The maximum atomic E-state index is 5.90. The summed E-state index contributed by atoms with van der Waals surface area (Å²) in [5, 5.41) is 0.614. The lowest BCUT2D eigenvalue weighted by atomic mass is 10.2. The Bertz CT molecular complexity index is 325. The molecule has 0 aromatic carbocycles. The molecule has 0 spiro atoms. The highest BCUT2D eigenvalue weighted by molar-refractivity contribution is 6.31. The first-order valence-electron chi connectivity index (χ1n) is 4.35. The molecule has 1 heterocycles. The molecule has 0 bridgehead atoms. The highest BCUT2D eigenvalue weighted by Crippen LogP contribution is 2.19. The Kier molecular flexibility index (Phi) is 3.92. The zero-order valence-electron chi connectivity index (χ0n) is 8.20. The molecule has 0 aliphatic carbocycles. The number of hydrogen-bond acceptors (Lipinski definition) is 3. The number of nitrogens with two attached hydrogens (primary N) is 1. The predicted octanol–water partition coefficient (Wildman–Crippen LogP) is 1.82. The number of pyridine rings is 1. The minimum atomic E-state index is 0.427. The lowest BCUT2D eigenvalue weighted by molar-refractivity contribution is 0.974. The summed E-state index contributed by atoms with van der Waals surface area (Å²) in [7, 11) is 1.94. The van der Waals surface area contributed by atoms with Crippen LogP contribution in [0.25, 0.3) is 0 Å². The van der Waals surface area contributed by atoms with Crippen molar-refractivity contribution in [3.05, 3.63) is 35.5 Å². The van der Waals surface area contributed by atoms with Gasteiger partial charge in [-0.15, -0.1) is 6.58 Å². The van der Waals surface area contributed by atoms with E-state index in [1.54, 1.807) is 6.20 Å². The van der Waals surface area contributed by atoms with Gasteiger partial charge in [-0.1, -0.05) is 17.7 Å². The first-order chi connectivity index (χ1) is 6.69. The van der Waals surface area contributed by atoms with Crippen LogP contribution < -0.4 is 10.6 Å². The van der Waals surface area contributed by atoms with Crippen LogP contribution in [0.15, 0.2) is 24.9 Å². The van der Waals surface area contributed by atoms with Gasteiger partial charge in [-0.25, -0.2) is 4.98 Å². The number of hydrogen-bond donors (Lipinski definition) is 1. The largest absolute Gasteiger partial charge is 0.356 e. The minimum absolute atomic E-state index is 0.427. The SMILES string of the molecule is C=CCN(C)c1cc(CN)c(Cl)cn1. The second kappa shape index (κ2) is 4.98. The standard InChI is InChI=1S/C10H14ClN3/c1-3-4-14(2)10-5-8(6-12)9(11)7-13-10/h3,5,7H,1,4,6,12H2,2H3. The summed E-state index contributed by atoms with van der Waals surface area (Å²) >= 11 is 5.90. The van der Waals surface area contributed by atoms with Gasteiger partial charge in [0.2, 0.25) is 0 Å². The van der Waals surface area contributed by atoms with Gasteiger partial charge in [-0.3, -0.25) is 0 Å². The molecule has 0 saturated carbocycles. The molecule has 0 atom stereocenters. The summed E-state index contributed by atoms with van der Waals surface area (Å²) in [5.41, 5.74) is 6.45. The zero-order valence-corrected chi connectivity index (χ0v) is 8.96. The third-order valence-electron chi connectivity index (χ3n) is 1.93. The van der Waals surface area contributed by atoms with Crippen LogP contribution in [0.5, 0.6) is 0 Å². The molecule has 14 heavy (non-hydrogen) atoms. The molecule has 1 aromatic heterocycles. The molecule has 0 fully saturated rings. The van der Waals surface area contributed by atoms with Gasteiger partial charge < -0.3 is 10.6 Å². The maximum absolute atomic E-state index is 5.90. The maximum Gasteiger partial charge on any atom is 0.128 e. The Morgan fingerprint density at radius 1 is 1.71 bits per heavy atom. The topological polar surface area (TPSA) is 42.1 Å². The molecular formula is C10H14ClN3. The van der Waals surface area contributed by atoms with Gasteiger partial charge in [0.05, 0.1) is 5.02 Å². The molecule has 76 valence electrons. The number of anilines is 1. The average molecular weight is 212 g/mol. The van der Waals surface area contributed by atoms with Gasteiger partial charge in [0, 0.05) is 26.3 Å². The Morgan fingerprint density at radius 3 is 3.00 bits per heavy atom. The lowest BCUT2D eigenvalue weighted by Crippen LogP contribution is -2.18. The second-order valence-corrected chi connectivity index (χ2v) is 3.41. The molecule has 0 saturated heterocycles. The van der Waals surface area contributed by atoms with Gasteiger partial charge in [0.15, 0.2) is 0 Å². The van der Waals surface area contributed by atoms with Crippen molar-refractivity contribution >= 4 is 17.4 Å². The van der Waals surface area contributed by atoms with Gasteiger partial charge in [0.25, 0.3) is 0 Å². The third kappa shape index (κ3) is 2.47. The van der Waals surface area contributed by atoms with Gasteiger partial charge in [0.1, 0.15) is 5.82 Å². The Balaban J connectivity index is 2.93. The van der Waals surface area contributed by atoms with Crippen LogP contribution >= 0.6 is 11.6 Å². The summed E-state index contributed by atoms with van der Waals surface area (Å²) in [6.45, 7) is 4.84. The zero-order chi connectivity index (χ0) is 10.6. The summed E-state index contributed by atoms with van der Waals surface area (Å²) in [6.07, 6.45) is 3.44. The van der Waals surface area contributed by atoms with Crippen LogP contribution in [-0.2, 0) is 6.54 Å². The van der Waals surface area contributed by atoms with Gasteiger partial charge in [-0.2, -0.15) is 0 Å². The van der Waals surface area contributed by atoms with Crippen molar-refractivity contribution in [3.63, 3.8) is 0 Å². The van der Waals surface area contributed by atoms with E-state index in [1.807, 2.05) is 24.1 Å². The Hall–Kier alpha value is -1.06. The lowest BCUT2D eigenvalue weighted by Gasteiger charge is -2.16. The van der Waals surface area contributed by atoms with E-state index in [-0.39, 0.29) is 0 Å². The number of nitrogens with zero attached hydrogens (tertiary/aromatic N) is 2. The molecule has 0 unspecified atom stereocenters. The Morgan fingerprint density at radius 2 is 2.43 bits per heavy atom. The van der Waals surface area contributed by atoms with Gasteiger partial charge >= 0.3 is 0 Å². The molecule has 0 radical (unpaired) electrons. The fraction of sp³-hybridized carbons (Fsp3) is 0.300. The fourth-order valence-corrected chi connectivity index (χ4v) is 1.30. The predicted molar refractivity (Wildman–Crippen MR) is 60.6 cm³/mol. The molecule has 0 aliphatic heterocycles. The summed E-state index contributed by atoms with van der Waals surface area (Å²) < 4.78 is 0. The number of aromatic nitrogens is 1. The number of halogens is 1. The fourth-order valence-electron chi connectivity index (χ4n) is 1.12. The first kappa shape index (κ1) is 11.0. The summed E-state index contributed by atoms with van der Waals surface area (Å²) in [6, 6.07) is 1.89. The van der Waals surface area contributed by atoms with Crippen molar-refractivity contribution in [2.24, 2.45) is 5.73 Å². The number of rotatable bonds is 4. The highest BCUT2D eigenvalue weighted by atomic mass is 35.5. The van der Waals surface area contributed by atoms with Crippen LogP contribution in [0.1, 0.15) is 5.56 Å². The van der Waals surface area contributed by atoms with E-state index in [1.165, 1.54) is 0 Å². The van der Waals surface area contributed by atoms with E-state index < -0.39 is 0 Å². The molecule has 4 heteroatoms. The first-order valence-corrected chi connectivity index (χ1v) is 4.73. The van der Waals surface area contributed by atoms with E-state index in [0.29, 0.717) is 11.6 Å². The molecule has 1 rings (SSSR count). The van der Waals surface area contributed by atoms with Gasteiger partial charge in [-0.05, 0) is 11.6 Å². The third-order valence-corrected chi connectivity index (χ3v) is 2.27. The normalized spacial score (nSPS) is 9.93. The van der Waals surface area contributed by atoms with E-state index in [0.717, 1.165) is 17.9 Å². The van der Waals surface area contributed by atoms with Crippen LogP contribution in [0.2, 0.25) is 5.02 Å². The summed E-state index contributed by atoms with van der Waals surface area (Å²) in [4.78, 5) is 6.17. The van der Waals surface area contributed by atoms with E-state index in [2.05, 4.69) is 11.6 Å². The molecule has 0 amide bonds. The molecule has 0 aliphatic rings. The summed E-state index contributed by atoms with van der Waals surface area (Å²) in [5.74, 6) is 0.856. The van der Waals surface area contributed by atoms with Crippen LogP contribution in [0.3, 0.4) is 0 Å². The monoisotopic (exact) mass is 211 g/mol. The Labute approximate surface area is 89.2 Å². The van der Waals surface area contributed by atoms with Crippen LogP contribution in [0.4, 0.5) is 5.82 Å². The minimum Gasteiger partial charge on any atom is -0.356 e. The smallest absolute Gasteiger partial charge is 0.128 e. The van der Waals surface area contributed by atoms with Crippen LogP contribution in [-0.4, -0.2) is 18.6 Å².